The first-order valence-corrected chi connectivity index (χ1v) is 9.89. The third-order valence-electron chi connectivity index (χ3n) is 4.42. The van der Waals surface area contributed by atoms with Crippen molar-refractivity contribution >= 4 is 15.9 Å². The molecule has 0 saturated carbocycles. The zero-order valence-corrected chi connectivity index (χ0v) is 16.7. The molecule has 7 heteroatoms. The Morgan fingerprint density at radius 2 is 1.56 bits per heavy atom. The van der Waals surface area contributed by atoms with Crippen LogP contribution in [-0.2, 0) is 10.0 Å². The van der Waals surface area contributed by atoms with E-state index in [0.29, 0.717) is 5.56 Å². The van der Waals surface area contributed by atoms with E-state index < -0.39 is 10.0 Å². The van der Waals surface area contributed by atoms with Gasteiger partial charge in [-0.15, -0.1) is 0 Å². The molecule has 0 aliphatic carbocycles. The van der Waals surface area contributed by atoms with E-state index in [9.17, 15) is 13.2 Å². The average Bonchev–Trinajstić information content (AvgIpc) is 2.43. The molecule has 0 unspecified atom stereocenters. The lowest BCUT2D eigenvalue weighted by molar-refractivity contribution is 0.0873. The number of amides is 1. The molecule has 1 amide bonds. The molecule has 0 aromatic heterocycles. The van der Waals surface area contributed by atoms with Crippen LogP contribution in [0.15, 0.2) is 29.2 Å². The third kappa shape index (κ3) is 4.80. The van der Waals surface area contributed by atoms with Crippen molar-refractivity contribution in [1.82, 2.24) is 14.9 Å². The Labute approximate surface area is 151 Å². The summed E-state index contributed by atoms with van der Waals surface area (Å²) in [4.78, 5) is 12.7. The second-order valence-electron chi connectivity index (χ2n) is 8.28. The fourth-order valence-electron chi connectivity index (χ4n) is 3.68. The highest BCUT2D eigenvalue weighted by Crippen LogP contribution is 2.28. The monoisotopic (exact) mass is 367 g/mol. The average molecular weight is 368 g/mol. The first kappa shape index (κ1) is 19.9. The molecule has 2 N–H and O–H groups in total. The minimum atomic E-state index is -3.48. The van der Waals surface area contributed by atoms with Gasteiger partial charge in [0.2, 0.25) is 10.0 Å². The van der Waals surface area contributed by atoms with Crippen LogP contribution in [0.25, 0.3) is 0 Å². The van der Waals surface area contributed by atoms with Crippen molar-refractivity contribution in [2.24, 2.45) is 0 Å². The minimum Gasteiger partial charge on any atom is -0.349 e. The molecular weight excluding hydrogens is 338 g/mol. The standard InChI is InChI=1S/C18H29N3O3S/c1-17(2)11-14(12-18(3,4)20-17)19-16(22)13-7-9-15(10-8-13)25(23,24)21(5)6/h7-10,14,20H,11-12H2,1-6H3,(H,19,22). The first-order valence-electron chi connectivity index (χ1n) is 8.45. The Kier molecular flexibility index (Phi) is 5.33. The number of sulfonamides is 1. The van der Waals surface area contributed by atoms with Gasteiger partial charge < -0.3 is 10.6 Å². The van der Waals surface area contributed by atoms with Crippen molar-refractivity contribution in [2.45, 2.75) is 62.6 Å². The van der Waals surface area contributed by atoms with E-state index in [2.05, 4.69) is 38.3 Å². The van der Waals surface area contributed by atoms with Crippen LogP contribution >= 0.6 is 0 Å². The lowest BCUT2D eigenvalue weighted by Crippen LogP contribution is -2.62. The summed E-state index contributed by atoms with van der Waals surface area (Å²) in [5.74, 6) is -0.174. The van der Waals surface area contributed by atoms with E-state index in [0.717, 1.165) is 17.1 Å². The number of nitrogens with zero attached hydrogens (tertiary/aromatic N) is 1. The van der Waals surface area contributed by atoms with Crippen LogP contribution in [0.2, 0.25) is 0 Å². The Bertz CT molecular complexity index is 721. The fourth-order valence-corrected chi connectivity index (χ4v) is 4.58. The number of piperidine rings is 1. The zero-order valence-electron chi connectivity index (χ0n) is 15.9. The van der Waals surface area contributed by atoms with Crippen LogP contribution in [0.4, 0.5) is 0 Å². The largest absolute Gasteiger partial charge is 0.349 e. The van der Waals surface area contributed by atoms with Crippen LogP contribution in [0.5, 0.6) is 0 Å². The van der Waals surface area contributed by atoms with Gasteiger partial charge in [0.25, 0.3) is 5.91 Å². The van der Waals surface area contributed by atoms with Gasteiger partial charge in [-0.25, -0.2) is 12.7 Å². The van der Waals surface area contributed by atoms with Crippen LogP contribution in [0.1, 0.15) is 50.9 Å². The Morgan fingerprint density at radius 3 is 2.00 bits per heavy atom. The Hall–Kier alpha value is -1.44. The number of carbonyl (C=O) groups is 1. The molecule has 1 saturated heterocycles. The molecule has 25 heavy (non-hydrogen) atoms. The summed E-state index contributed by atoms with van der Waals surface area (Å²) in [6.45, 7) is 8.53. The van der Waals surface area contributed by atoms with Gasteiger partial charge >= 0.3 is 0 Å². The molecular formula is C18H29N3O3S. The maximum Gasteiger partial charge on any atom is 0.251 e. The molecule has 6 nitrogen and oxygen atoms in total. The van der Waals surface area contributed by atoms with E-state index in [1.165, 1.54) is 26.2 Å². The quantitative estimate of drug-likeness (QED) is 0.853. The zero-order chi connectivity index (χ0) is 19.0. The van der Waals surface area contributed by atoms with Gasteiger partial charge in [0.1, 0.15) is 0 Å². The van der Waals surface area contributed by atoms with Gasteiger partial charge in [0.15, 0.2) is 0 Å². The topological polar surface area (TPSA) is 78.5 Å². The van der Waals surface area contributed by atoms with Crippen molar-refractivity contribution in [3.05, 3.63) is 29.8 Å². The Morgan fingerprint density at radius 1 is 1.08 bits per heavy atom. The molecule has 1 aliphatic heterocycles. The summed E-state index contributed by atoms with van der Waals surface area (Å²) in [5.41, 5.74) is 0.360. The summed E-state index contributed by atoms with van der Waals surface area (Å²) in [5, 5.41) is 6.68. The smallest absolute Gasteiger partial charge is 0.251 e. The van der Waals surface area contributed by atoms with E-state index in [4.69, 9.17) is 0 Å². The number of rotatable bonds is 4. The van der Waals surface area contributed by atoms with E-state index >= 15 is 0 Å². The van der Waals surface area contributed by atoms with Crippen LogP contribution in [0.3, 0.4) is 0 Å². The molecule has 0 atom stereocenters. The van der Waals surface area contributed by atoms with Crippen LogP contribution in [-0.4, -0.2) is 49.8 Å². The van der Waals surface area contributed by atoms with E-state index in [1.807, 2.05) is 0 Å². The van der Waals surface area contributed by atoms with Gasteiger partial charge in [-0.05, 0) is 64.8 Å². The summed E-state index contributed by atoms with van der Waals surface area (Å²) < 4.78 is 25.3. The fraction of sp³-hybridized carbons (Fsp3) is 0.611. The Balaban J connectivity index is 2.11. The van der Waals surface area contributed by atoms with Gasteiger partial charge in [0.05, 0.1) is 4.90 Å². The highest BCUT2D eigenvalue weighted by Gasteiger charge is 2.38. The van der Waals surface area contributed by atoms with Crippen molar-refractivity contribution in [3.8, 4) is 0 Å². The predicted octanol–water partition coefficient (Wildman–Crippen LogP) is 1.98. The molecule has 140 valence electrons. The lowest BCUT2D eigenvalue weighted by Gasteiger charge is -2.46. The minimum absolute atomic E-state index is 0.0522. The molecule has 1 aromatic carbocycles. The first-order chi connectivity index (χ1) is 11.3. The molecule has 0 spiro atoms. The van der Waals surface area contributed by atoms with Gasteiger partial charge in [-0.1, -0.05) is 0 Å². The van der Waals surface area contributed by atoms with E-state index in [-0.39, 0.29) is 27.9 Å². The maximum absolute atomic E-state index is 12.5. The van der Waals surface area contributed by atoms with Crippen molar-refractivity contribution in [1.29, 1.82) is 0 Å². The predicted molar refractivity (Wildman–Crippen MR) is 99.1 cm³/mol. The summed E-state index contributed by atoms with van der Waals surface area (Å²) >= 11 is 0. The molecule has 1 aromatic rings. The summed E-state index contributed by atoms with van der Waals surface area (Å²) in [6, 6.07) is 6.14. The number of hydrogen-bond acceptors (Lipinski definition) is 4. The lowest BCUT2D eigenvalue weighted by atomic mass is 9.79. The van der Waals surface area contributed by atoms with Gasteiger partial charge in [-0.2, -0.15) is 0 Å². The highest BCUT2D eigenvalue weighted by molar-refractivity contribution is 7.89. The second kappa shape index (κ2) is 6.70. The second-order valence-corrected chi connectivity index (χ2v) is 10.4. The summed E-state index contributed by atoms with van der Waals surface area (Å²) in [6.07, 6.45) is 1.69. The van der Waals surface area contributed by atoms with Crippen LogP contribution < -0.4 is 10.6 Å². The van der Waals surface area contributed by atoms with Crippen molar-refractivity contribution in [2.75, 3.05) is 14.1 Å². The molecule has 1 aliphatic rings. The normalized spacial score (nSPS) is 20.4. The molecule has 1 fully saturated rings. The molecule has 1 heterocycles. The van der Waals surface area contributed by atoms with Gasteiger partial charge in [-0.3, -0.25) is 4.79 Å². The number of benzene rings is 1. The summed E-state index contributed by atoms with van der Waals surface area (Å²) in [7, 11) is -0.519. The maximum atomic E-state index is 12.5. The van der Waals surface area contributed by atoms with Gasteiger partial charge in [0, 0.05) is 36.8 Å². The highest BCUT2D eigenvalue weighted by atomic mass is 32.2. The number of hydrogen-bond donors (Lipinski definition) is 2. The van der Waals surface area contributed by atoms with E-state index in [1.54, 1.807) is 12.1 Å². The van der Waals surface area contributed by atoms with Crippen molar-refractivity contribution < 1.29 is 13.2 Å². The molecule has 0 radical (unpaired) electrons. The number of carbonyl (C=O) groups excluding carboxylic acids is 1. The number of nitrogens with one attached hydrogen (secondary N) is 2. The molecule has 0 bridgehead atoms. The third-order valence-corrected chi connectivity index (χ3v) is 6.25. The van der Waals surface area contributed by atoms with Crippen LogP contribution in [0, 0.1) is 0 Å². The molecule has 2 rings (SSSR count). The SMILES string of the molecule is CN(C)S(=O)(=O)c1ccc(C(=O)NC2CC(C)(C)NC(C)(C)C2)cc1. The van der Waals surface area contributed by atoms with Crippen molar-refractivity contribution in [3.63, 3.8) is 0 Å².